The van der Waals surface area contributed by atoms with Crippen LogP contribution in [0.3, 0.4) is 0 Å². The predicted octanol–water partition coefficient (Wildman–Crippen LogP) is 4.02. The zero-order valence-electron chi connectivity index (χ0n) is 14.6. The molecular weight excluding hydrogens is 378 g/mol. The maximum absolute atomic E-state index is 11.3. The van der Waals surface area contributed by atoms with Crippen molar-refractivity contribution in [2.75, 3.05) is 0 Å². The summed E-state index contributed by atoms with van der Waals surface area (Å²) in [5.41, 5.74) is 6.61. The first-order valence-electron chi connectivity index (χ1n) is 8.52. The van der Waals surface area contributed by atoms with Crippen molar-refractivity contribution >= 4 is 29.2 Å². The quantitative estimate of drug-likeness (QED) is 0.485. The van der Waals surface area contributed by atoms with Crippen molar-refractivity contribution in [2.45, 2.75) is 6.61 Å². The molecule has 7 heteroatoms. The summed E-state index contributed by atoms with van der Waals surface area (Å²) in [7, 11) is 0. The molecule has 0 unspecified atom stereocenters. The lowest BCUT2D eigenvalue weighted by molar-refractivity contribution is 0.282. The molecule has 3 aromatic heterocycles. The second kappa shape index (κ2) is 6.99. The Morgan fingerprint density at radius 1 is 1.00 bits per heavy atom. The standard InChI is InChI=1S/C21H15N3O3.ClH/c25-12-13-2-1-3-14(8-13)16-5-7-20-22-18(11-24(20)10-16)15-4-6-17-19(9-15)27-21(26)23-17;/h1-11,25H,12H2,(H,23,26);1H. The van der Waals surface area contributed by atoms with Gasteiger partial charge in [0.1, 0.15) is 5.65 Å². The van der Waals surface area contributed by atoms with Crippen molar-refractivity contribution < 1.29 is 9.52 Å². The zero-order valence-corrected chi connectivity index (χ0v) is 15.4. The summed E-state index contributed by atoms with van der Waals surface area (Å²) in [6.45, 7) is 0.0169. The van der Waals surface area contributed by atoms with E-state index in [1.54, 1.807) is 6.07 Å². The number of nitrogens with one attached hydrogen (secondary N) is 1. The van der Waals surface area contributed by atoms with Crippen LogP contribution in [-0.2, 0) is 6.61 Å². The number of pyridine rings is 1. The Bertz CT molecular complexity index is 1350. The summed E-state index contributed by atoms with van der Waals surface area (Å²) in [5.74, 6) is -0.466. The summed E-state index contributed by atoms with van der Waals surface area (Å²) in [6.07, 6.45) is 3.96. The molecule has 3 heterocycles. The first-order chi connectivity index (χ1) is 13.2. The van der Waals surface area contributed by atoms with E-state index in [2.05, 4.69) is 9.97 Å². The Labute approximate surface area is 165 Å². The van der Waals surface area contributed by atoms with Gasteiger partial charge in [-0.05, 0) is 47.0 Å². The Kier molecular flexibility index (Phi) is 4.50. The molecule has 0 aliphatic carbocycles. The molecule has 2 aromatic carbocycles. The average molecular weight is 394 g/mol. The second-order valence-corrected chi connectivity index (χ2v) is 6.39. The van der Waals surface area contributed by atoms with Gasteiger partial charge in [0, 0.05) is 18.0 Å². The molecule has 140 valence electrons. The molecule has 0 spiro atoms. The number of halogens is 1. The van der Waals surface area contributed by atoms with Crippen LogP contribution in [0.5, 0.6) is 0 Å². The summed E-state index contributed by atoms with van der Waals surface area (Å²) in [6, 6.07) is 17.3. The lowest BCUT2D eigenvalue weighted by Gasteiger charge is -2.04. The summed E-state index contributed by atoms with van der Waals surface area (Å²) in [5, 5.41) is 9.34. The van der Waals surface area contributed by atoms with E-state index >= 15 is 0 Å². The van der Waals surface area contributed by atoms with Gasteiger partial charge >= 0.3 is 5.76 Å². The Morgan fingerprint density at radius 3 is 2.71 bits per heavy atom. The van der Waals surface area contributed by atoms with E-state index in [-0.39, 0.29) is 19.0 Å². The fourth-order valence-corrected chi connectivity index (χ4v) is 3.26. The van der Waals surface area contributed by atoms with Crippen molar-refractivity contribution in [2.24, 2.45) is 0 Å². The molecule has 0 saturated carbocycles. The van der Waals surface area contributed by atoms with Crippen LogP contribution in [0.25, 0.3) is 39.1 Å². The molecule has 0 fully saturated rings. The maximum atomic E-state index is 11.3. The minimum absolute atomic E-state index is 0. The van der Waals surface area contributed by atoms with Crippen LogP contribution < -0.4 is 5.76 Å². The highest BCUT2D eigenvalue weighted by atomic mass is 35.5. The molecule has 5 rings (SSSR count). The van der Waals surface area contributed by atoms with E-state index in [1.807, 2.05) is 65.3 Å². The van der Waals surface area contributed by atoms with Crippen molar-refractivity contribution in [1.82, 2.24) is 14.4 Å². The summed E-state index contributed by atoms with van der Waals surface area (Å²) < 4.78 is 7.10. The highest BCUT2D eigenvalue weighted by Gasteiger charge is 2.09. The van der Waals surface area contributed by atoms with Crippen LogP contribution in [0, 0.1) is 0 Å². The predicted molar refractivity (Wildman–Crippen MR) is 110 cm³/mol. The Balaban J connectivity index is 0.00000192. The van der Waals surface area contributed by atoms with Gasteiger partial charge in [0.15, 0.2) is 5.58 Å². The van der Waals surface area contributed by atoms with Gasteiger partial charge in [0.2, 0.25) is 0 Å². The fourth-order valence-electron chi connectivity index (χ4n) is 3.26. The van der Waals surface area contributed by atoms with E-state index in [9.17, 15) is 9.90 Å². The topological polar surface area (TPSA) is 83.5 Å². The van der Waals surface area contributed by atoms with E-state index in [1.165, 1.54) is 0 Å². The number of aromatic amines is 1. The second-order valence-electron chi connectivity index (χ2n) is 6.39. The molecule has 0 amide bonds. The number of imidazole rings is 1. The maximum Gasteiger partial charge on any atom is 0.417 e. The lowest BCUT2D eigenvalue weighted by Crippen LogP contribution is -1.92. The van der Waals surface area contributed by atoms with Crippen molar-refractivity contribution in [3.05, 3.63) is 83.1 Å². The smallest absolute Gasteiger partial charge is 0.408 e. The van der Waals surface area contributed by atoms with Crippen molar-refractivity contribution in [1.29, 1.82) is 0 Å². The molecule has 0 radical (unpaired) electrons. The first kappa shape index (κ1) is 18.0. The van der Waals surface area contributed by atoms with Gasteiger partial charge < -0.3 is 13.9 Å². The van der Waals surface area contributed by atoms with E-state index in [0.717, 1.165) is 33.6 Å². The van der Waals surface area contributed by atoms with Gasteiger partial charge in [-0.2, -0.15) is 0 Å². The number of benzene rings is 2. The van der Waals surface area contributed by atoms with Crippen LogP contribution in [0.1, 0.15) is 5.56 Å². The zero-order chi connectivity index (χ0) is 18.4. The monoisotopic (exact) mass is 393 g/mol. The van der Waals surface area contributed by atoms with Gasteiger partial charge in [-0.25, -0.2) is 9.78 Å². The number of hydrogen-bond acceptors (Lipinski definition) is 4. The molecule has 0 bridgehead atoms. The van der Waals surface area contributed by atoms with Gasteiger partial charge in [-0.3, -0.25) is 4.98 Å². The van der Waals surface area contributed by atoms with E-state index in [4.69, 9.17) is 4.42 Å². The average Bonchev–Trinajstić information content (AvgIpc) is 3.28. The number of fused-ring (bicyclic) bond motifs is 2. The van der Waals surface area contributed by atoms with Gasteiger partial charge in [0.05, 0.1) is 17.8 Å². The molecule has 6 nitrogen and oxygen atoms in total. The number of aliphatic hydroxyl groups is 1. The van der Waals surface area contributed by atoms with E-state index < -0.39 is 5.76 Å². The molecule has 5 aromatic rings. The third-order valence-electron chi connectivity index (χ3n) is 4.61. The number of nitrogens with zero attached hydrogens (tertiary/aromatic N) is 2. The summed E-state index contributed by atoms with van der Waals surface area (Å²) in [4.78, 5) is 18.6. The van der Waals surface area contributed by atoms with Crippen LogP contribution >= 0.6 is 12.4 Å². The number of aliphatic hydroxyl groups excluding tert-OH is 1. The van der Waals surface area contributed by atoms with E-state index in [0.29, 0.717) is 11.1 Å². The van der Waals surface area contributed by atoms with Crippen LogP contribution in [0.4, 0.5) is 0 Å². The molecule has 2 N–H and O–H groups in total. The Morgan fingerprint density at radius 2 is 1.86 bits per heavy atom. The highest BCUT2D eigenvalue weighted by Crippen LogP contribution is 2.25. The molecule has 0 atom stereocenters. The number of hydrogen-bond donors (Lipinski definition) is 2. The molecular formula is C21H16ClN3O3. The SMILES string of the molecule is Cl.O=c1[nH]c2ccc(-c3cn4cc(-c5cccc(CO)c5)ccc4n3)cc2o1. The lowest BCUT2D eigenvalue weighted by atomic mass is 10.1. The van der Waals surface area contributed by atoms with Crippen molar-refractivity contribution in [3.8, 4) is 22.4 Å². The number of rotatable bonds is 3. The summed E-state index contributed by atoms with van der Waals surface area (Å²) >= 11 is 0. The number of oxazole rings is 1. The minimum Gasteiger partial charge on any atom is -0.408 e. The Hall–Kier alpha value is -3.35. The van der Waals surface area contributed by atoms with Crippen LogP contribution in [0.15, 0.2) is 76.2 Å². The number of aromatic nitrogens is 3. The third-order valence-corrected chi connectivity index (χ3v) is 4.61. The molecule has 0 aliphatic heterocycles. The normalized spacial score (nSPS) is 11.0. The molecule has 0 saturated heterocycles. The highest BCUT2D eigenvalue weighted by molar-refractivity contribution is 5.85. The molecule has 0 aliphatic rings. The third kappa shape index (κ3) is 3.09. The van der Waals surface area contributed by atoms with Crippen LogP contribution in [-0.4, -0.2) is 19.5 Å². The van der Waals surface area contributed by atoms with Gasteiger partial charge in [-0.15, -0.1) is 12.4 Å². The van der Waals surface area contributed by atoms with Gasteiger partial charge in [0.25, 0.3) is 0 Å². The fraction of sp³-hybridized carbons (Fsp3) is 0.0476. The number of H-pyrrole nitrogens is 1. The first-order valence-corrected chi connectivity index (χ1v) is 8.52. The van der Waals surface area contributed by atoms with Gasteiger partial charge in [-0.1, -0.05) is 24.3 Å². The van der Waals surface area contributed by atoms with Crippen molar-refractivity contribution in [3.63, 3.8) is 0 Å². The molecule has 28 heavy (non-hydrogen) atoms. The minimum atomic E-state index is -0.466. The van der Waals surface area contributed by atoms with Crippen LogP contribution in [0.2, 0.25) is 0 Å². The largest absolute Gasteiger partial charge is 0.417 e.